The summed E-state index contributed by atoms with van der Waals surface area (Å²) in [5, 5.41) is 0. The second-order valence-electron chi connectivity index (χ2n) is 5.33. The maximum Gasteiger partial charge on any atom is 0.256 e. The van der Waals surface area contributed by atoms with Gasteiger partial charge in [-0.1, -0.05) is 40.2 Å². The first-order valence-corrected chi connectivity index (χ1v) is 7.85. The number of halogens is 1. The summed E-state index contributed by atoms with van der Waals surface area (Å²) in [4.78, 5) is 14.7. The van der Waals surface area contributed by atoms with Crippen LogP contribution in [-0.4, -0.2) is 17.4 Å². The number of anilines is 1. The minimum Gasteiger partial charge on any atom is -0.398 e. The Bertz CT molecular complexity index is 684. The number of nitrogens with zero attached hydrogens (tertiary/aromatic N) is 1. The Labute approximate surface area is 132 Å². The molecule has 1 aliphatic heterocycles. The second kappa shape index (κ2) is 5.90. The fraction of sp³-hybridized carbons (Fsp3) is 0.235. The number of amides is 1. The lowest BCUT2D eigenvalue weighted by Crippen LogP contribution is -2.31. The third-order valence-electron chi connectivity index (χ3n) is 3.89. The number of benzene rings is 2. The molecule has 1 aliphatic rings. The molecule has 0 saturated heterocycles. The molecular formula is C17H17BrN2O. The molecule has 0 saturated carbocycles. The van der Waals surface area contributed by atoms with Crippen LogP contribution in [0.15, 0.2) is 46.9 Å². The average molecular weight is 345 g/mol. The van der Waals surface area contributed by atoms with Crippen LogP contribution < -0.4 is 5.73 Å². The molecular weight excluding hydrogens is 328 g/mol. The molecule has 0 aromatic heterocycles. The summed E-state index contributed by atoms with van der Waals surface area (Å²) in [5.74, 6) is 0.00510. The zero-order valence-electron chi connectivity index (χ0n) is 11.7. The van der Waals surface area contributed by atoms with Crippen molar-refractivity contribution in [3.8, 4) is 0 Å². The molecule has 21 heavy (non-hydrogen) atoms. The van der Waals surface area contributed by atoms with Crippen molar-refractivity contribution in [3.63, 3.8) is 0 Å². The van der Waals surface area contributed by atoms with Crippen LogP contribution in [0.3, 0.4) is 0 Å². The SMILES string of the molecule is Nc1ccc(Br)cc1C(=O)N1CCCc2ccccc2C1. The molecule has 0 fully saturated rings. The molecule has 2 N–H and O–H groups in total. The molecule has 0 atom stereocenters. The van der Waals surface area contributed by atoms with Gasteiger partial charge in [-0.05, 0) is 42.2 Å². The standard InChI is InChI=1S/C17H17BrN2O/c18-14-7-8-16(19)15(10-14)17(21)20-9-3-6-12-4-1-2-5-13(12)11-20/h1-2,4-5,7-8,10H,3,6,9,11,19H2. The van der Waals surface area contributed by atoms with Crippen molar-refractivity contribution in [2.75, 3.05) is 12.3 Å². The maximum absolute atomic E-state index is 12.8. The number of aryl methyl sites for hydroxylation is 1. The lowest BCUT2D eigenvalue weighted by atomic mass is 10.0. The summed E-state index contributed by atoms with van der Waals surface area (Å²) in [6.45, 7) is 1.42. The van der Waals surface area contributed by atoms with Crippen LogP contribution in [0.2, 0.25) is 0 Å². The third-order valence-corrected chi connectivity index (χ3v) is 4.38. The van der Waals surface area contributed by atoms with Crippen LogP contribution in [0.1, 0.15) is 27.9 Å². The molecule has 108 valence electrons. The van der Waals surface area contributed by atoms with E-state index < -0.39 is 0 Å². The highest BCUT2D eigenvalue weighted by atomic mass is 79.9. The van der Waals surface area contributed by atoms with Gasteiger partial charge in [-0.3, -0.25) is 4.79 Å². The summed E-state index contributed by atoms with van der Waals surface area (Å²) in [5.41, 5.74) is 9.64. The Morgan fingerprint density at radius 1 is 1.14 bits per heavy atom. The minimum absolute atomic E-state index is 0.00510. The number of nitrogen functional groups attached to an aromatic ring is 1. The molecule has 0 aliphatic carbocycles. The predicted molar refractivity (Wildman–Crippen MR) is 88.1 cm³/mol. The Balaban J connectivity index is 1.90. The van der Waals surface area contributed by atoms with Crippen molar-refractivity contribution in [2.45, 2.75) is 19.4 Å². The van der Waals surface area contributed by atoms with Crippen LogP contribution in [-0.2, 0) is 13.0 Å². The molecule has 3 rings (SSSR count). The number of nitrogens with two attached hydrogens (primary N) is 1. The van der Waals surface area contributed by atoms with Crippen LogP contribution >= 0.6 is 15.9 Å². The van der Waals surface area contributed by atoms with E-state index in [9.17, 15) is 4.79 Å². The van der Waals surface area contributed by atoms with Crippen molar-refractivity contribution in [3.05, 3.63) is 63.6 Å². The van der Waals surface area contributed by atoms with Gasteiger partial charge in [-0.2, -0.15) is 0 Å². The normalized spacial score (nSPS) is 14.4. The lowest BCUT2D eigenvalue weighted by Gasteiger charge is -2.22. The van der Waals surface area contributed by atoms with E-state index in [0.717, 1.165) is 23.9 Å². The fourth-order valence-electron chi connectivity index (χ4n) is 2.76. The van der Waals surface area contributed by atoms with Gasteiger partial charge in [0.1, 0.15) is 0 Å². The van der Waals surface area contributed by atoms with E-state index >= 15 is 0 Å². The average Bonchev–Trinajstić information content (AvgIpc) is 2.71. The van der Waals surface area contributed by atoms with Crippen molar-refractivity contribution in [2.24, 2.45) is 0 Å². The predicted octanol–water partition coefficient (Wildman–Crippen LogP) is 3.62. The molecule has 0 spiro atoms. The maximum atomic E-state index is 12.8. The molecule has 0 radical (unpaired) electrons. The van der Waals surface area contributed by atoms with Gasteiger partial charge in [0.05, 0.1) is 5.56 Å². The van der Waals surface area contributed by atoms with E-state index in [-0.39, 0.29) is 5.91 Å². The van der Waals surface area contributed by atoms with Gasteiger partial charge in [0.25, 0.3) is 5.91 Å². The number of carbonyl (C=O) groups excluding carboxylic acids is 1. The Hall–Kier alpha value is -1.81. The van der Waals surface area contributed by atoms with Crippen LogP contribution in [0.5, 0.6) is 0 Å². The van der Waals surface area contributed by atoms with Gasteiger partial charge in [0, 0.05) is 23.2 Å². The van der Waals surface area contributed by atoms with Gasteiger partial charge in [0.15, 0.2) is 0 Å². The molecule has 0 unspecified atom stereocenters. The first kappa shape index (κ1) is 14.1. The summed E-state index contributed by atoms with van der Waals surface area (Å²) < 4.78 is 0.871. The van der Waals surface area contributed by atoms with Gasteiger partial charge < -0.3 is 10.6 Å². The lowest BCUT2D eigenvalue weighted by molar-refractivity contribution is 0.0747. The topological polar surface area (TPSA) is 46.3 Å². The van der Waals surface area contributed by atoms with E-state index in [1.165, 1.54) is 11.1 Å². The molecule has 0 bridgehead atoms. The minimum atomic E-state index is 0.00510. The highest BCUT2D eigenvalue weighted by molar-refractivity contribution is 9.10. The number of rotatable bonds is 1. The van der Waals surface area contributed by atoms with E-state index in [1.807, 2.05) is 17.0 Å². The van der Waals surface area contributed by atoms with Gasteiger partial charge >= 0.3 is 0 Å². The van der Waals surface area contributed by atoms with E-state index in [4.69, 9.17) is 5.73 Å². The summed E-state index contributed by atoms with van der Waals surface area (Å²) in [6, 6.07) is 13.8. The van der Waals surface area contributed by atoms with Crippen molar-refractivity contribution < 1.29 is 4.79 Å². The quantitative estimate of drug-likeness (QED) is 0.803. The van der Waals surface area contributed by atoms with Gasteiger partial charge in [-0.25, -0.2) is 0 Å². The monoisotopic (exact) mass is 344 g/mol. The second-order valence-corrected chi connectivity index (χ2v) is 6.25. The first-order chi connectivity index (χ1) is 10.1. The Morgan fingerprint density at radius 2 is 1.90 bits per heavy atom. The van der Waals surface area contributed by atoms with Crippen LogP contribution in [0, 0.1) is 0 Å². The number of hydrogen-bond donors (Lipinski definition) is 1. The van der Waals surface area contributed by atoms with E-state index in [2.05, 4.69) is 34.1 Å². The van der Waals surface area contributed by atoms with Crippen molar-refractivity contribution >= 4 is 27.5 Å². The molecule has 1 amide bonds. The van der Waals surface area contributed by atoms with E-state index in [1.54, 1.807) is 12.1 Å². The fourth-order valence-corrected chi connectivity index (χ4v) is 3.12. The van der Waals surface area contributed by atoms with Crippen LogP contribution in [0.4, 0.5) is 5.69 Å². The zero-order valence-corrected chi connectivity index (χ0v) is 13.3. The molecule has 3 nitrogen and oxygen atoms in total. The van der Waals surface area contributed by atoms with Crippen molar-refractivity contribution in [1.29, 1.82) is 0 Å². The number of fused-ring (bicyclic) bond motifs is 1. The van der Waals surface area contributed by atoms with Crippen molar-refractivity contribution in [1.82, 2.24) is 4.90 Å². The summed E-state index contributed by atoms with van der Waals surface area (Å²) in [6.07, 6.45) is 2.00. The van der Waals surface area contributed by atoms with Crippen LogP contribution in [0.25, 0.3) is 0 Å². The molecule has 2 aromatic rings. The Morgan fingerprint density at radius 3 is 2.71 bits per heavy atom. The highest BCUT2D eigenvalue weighted by Gasteiger charge is 2.21. The first-order valence-electron chi connectivity index (χ1n) is 7.06. The molecule has 2 aromatic carbocycles. The number of carbonyl (C=O) groups is 1. The van der Waals surface area contributed by atoms with Gasteiger partial charge in [0.2, 0.25) is 0 Å². The van der Waals surface area contributed by atoms with Gasteiger partial charge in [-0.15, -0.1) is 0 Å². The molecule has 4 heteroatoms. The zero-order chi connectivity index (χ0) is 14.8. The number of hydrogen-bond acceptors (Lipinski definition) is 2. The largest absolute Gasteiger partial charge is 0.398 e. The smallest absolute Gasteiger partial charge is 0.256 e. The highest BCUT2D eigenvalue weighted by Crippen LogP contribution is 2.24. The third kappa shape index (κ3) is 2.95. The van der Waals surface area contributed by atoms with E-state index in [0.29, 0.717) is 17.8 Å². The summed E-state index contributed by atoms with van der Waals surface area (Å²) >= 11 is 3.40. The Kier molecular flexibility index (Phi) is 3.97. The summed E-state index contributed by atoms with van der Waals surface area (Å²) in [7, 11) is 0. The molecule has 1 heterocycles.